The topological polar surface area (TPSA) is 71.7 Å². The van der Waals surface area contributed by atoms with Gasteiger partial charge >= 0.3 is 5.69 Å². The molecule has 2 aromatic rings. The summed E-state index contributed by atoms with van der Waals surface area (Å²) in [5.74, 6) is 0. The number of aromatic nitrogens is 2. The highest BCUT2D eigenvalue weighted by Crippen LogP contribution is 2.33. The first-order chi connectivity index (χ1) is 12.5. The standard InChI is InChI=1S/C19H20N2O5/c1-20-10-13(17(22)21(2)19(20)23)14-8-9-15-16(25-14)11-24-18(26-15)12-6-4-3-5-7-12/h3-10,14-16,18H,11H2,1-2H3/t14-,15-,16+,18?/m0/s1. The van der Waals surface area contributed by atoms with E-state index >= 15 is 0 Å². The van der Waals surface area contributed by atoms with Crippen LogP contribution in [0.5, 0.6) is 0 Å². The zero-order valence-electron chi connectivity index (χ0n) is 14.6. The van der Waals surface area contributed by atoms with Crippen molar-refractivity contribution < 1.29 is 14.2 Å². The van der Waals surface area contributed by atoms with Crippen molar-refractivity contribution in [2.45, 2.75) is 24.6 Å². The van der Waals surface area contributed by atoms with Gasteiger partial charge < -0.3 is 18.8 Å². The first-order valence-corrected chi connectivity index (χ1v) is 8.47. The number of hydrogen-bond acceptors (Lipinski definition) is 5. The van der Waals surface area contributed by atoms with Gasteiger partial charge in [-0.2, -0.15) is 0 Å². The molecule has 0 amide bonds. The van der Waals surface area contributed by atoms with Gasteiger partial charge in [0.1, 0.15) is 18.3 Å². The fraction of sp³-hybridized carbons (Fsp3) is 0.368. The molecular formula is C19H20N2O5. The summed E-state index contributed by atoms with van der Waals surface area (Å²) in [4.78, 5) is 24.3. The molecule has 2 aliphatic heterocycles. The number of aryl methyl sites for hydroxylation is 1. The smallest absolute Gasteiger partial charge is 0.330 e. The van der Waals surface area contributed by atoms with Crippen LogP contribution in [-0.2, 0) is 28.3 Å². The van der Waals surface area contributed by atoms with Crippen molar-refractivity contribution in [3.8, 4) is 0 Å². The van der Waals surface area contributed by atoms with E-state index < -0.39 is 12.4 Å². The Bertz CT molecular complexity index is 947. The first kappa shape index (κ1) is 17.0. The van der Waals surface area contributed by atoms with Crippen molar-refractivity contribution in [3.05, 3.63) is 80.6 Å². The maximum Gasteiger partial charge on any atom is 0.330 e. The van der Waals surface area contributed by atoms with Crippen molar-refractivity contribution in [2.75, 3.05) is 6.61 Å². The van der Waals surface area contributed by atoms with E-state index in [1.54, 1.807) is 13.1 Å². The van der Waals surface area contributed by atoms with E-state index in [4.69, 9.17) is 14.2 Å². The number of fused-ring (bicyclic) bond motifs is 1. The summed E-state index contributed by atoms with van der Waals surface area (Å²) in [7, 11) is 3.07. The Labute approximate surface area is 150 Å². The lowest BCUT2D eigenvalue weighted by Gasteiger charge is -2.39. The molecule has 0 radical (unpaired) electrons. The van der Waals surface area contributed by atoms with Gasteiger partial charge in [-0.15, -0.1) is 0 Å². The van der Waals surface area contributed by atoms with E-state index in [2.05, 4.69) is 0 Å². The Morgan fingerprint density at radius 2 is 1.81 bits per heavy atom. The van der Waals surface area contributed by atoms with Crippen LogP contribution in [-0.4, -0.2) is 27.9 Å². The van der Waals surface area contributed by atoms with Crippen LogP contribution in [0, 0.1) is 0 Å². The molecule has 1 aromatic heterocycles. The van der Waals surface area contributed by atoms with Crippen molar-refractivity contribution in [2.24, 2.45) is 14.1 Å². The van der Waals surface area contributed by atoms with E-state index in [0.29, 0.717) is 12.2 Å². The molecular weight excluding hydrogens is 336 g/mol. The molecule has 1 aromatic carbocycles. The monoisotopic (exact) mass is 356 g/mol. The van der Waals surface area contributed by atoms with Crippen LogP contribution >= 0.6 is 0 Å². The SMILES string of the molecule is Cn1cc([C@@H]2C=C[C@@H]3OC(c4ccccc4)OC[C@H]3O2)c(=O)n(C)c1=O. The Hall–Kier alpha value is -2.48. The van der Waals surface area contributed by atoms with E-state index in [0.717, 1.165) is 10.1 Å². The predicted molar refractivity (Wildman–Crippen MR) is 93.7 cm³/mol. The van der Waals surface area contributed by atoms with Gasteiger partial charge in [0.2, 0.25) is 0 Å². The zero-order chi connectivity index (χ0) is 18.3. The van der Waals surface area contributed by atoms with Crippen LogP contribution in [0.25, 0.3) is 0 Å². The average molecular weight is 356 g/mol. The maximum atomic E-state index is 12.4. The van der Waals surface area contributed by atoms with Crippen LogP contribution in [0.1, 0.15) is 23.5 Å². The highest BCUT2D eigenvalue weighted by Gasteiger charge is 2.36. The molecule has 0 N–H and O–H groups in total. The molecule has 136 valence electrons. The summed E-state index contributed by atoms with van der Waals surface area (Å²) in [6.45, 7) is 0.358. The molecule has 7 heteroatoms. The number of hydrogen-bond donors (Lipinski definition) is 0. The molecule has 0 saturated carbocycles. The third-order valence-corrected chi connectivity index (χ3v) is 4.71. The Kier molecular flexibility index (Phi) is 4.36. The summed E-state index contributed by atoms with van der Waals surface area (Å²) < 4.78 is 20.3. The summed E-state index contributed by atoms with van der Waals surface area (Å²) >= 11 is 0. The molecule has 4 atom stereocenters. The largest absolute Gasteiger partial charge is 0.360 e. The van der Waals surface area contributed by atoms with Gasteiger partial charge in [-0.05, 0) is 0 Å². The number of benzene rings is 1. The molecule has 7 nitrogen and oxygen atoms in total. The lowest BCUT2D eigenvalue weighted by Crippen LogP contribution is -2.45. The molecule has 2 aliphatic rings. The third kappa shape index (κ3) is 2.94. The minimum Gasteiger partial charge on any atom is -0.360 e. The van der Waals surface area contributed by atoms with Gasteiger partial charge in [-0.3, -0.25) is 9.36 Å². The quantitative estimate of drug-likeness (QED) is 0.756. The highest BCUT2D eigenvalue weighted by molar-refractivity contribution is 5.20. The molecule has 4 rings (SSSR count). The molecule has 0 bridgehead atoms. The van der Waals surface area contributed by atoms with Gasteiger partial charge in [0.25, 0.3) is 5.56 Å². The molecule has 1 unspecified atom stereocenters. The van der Waals surface area contributed by atoms with Gasteiger partial charge in [0.15, 0.2) is 6.29 Å². The van der Waals surface area contributed by atoms with Crippen molar-refractivity contribution in [1.82, 2.24) is 9.13 Å². The minimum atomic E-state index is -0.540. The van der Waals surface area contributed by atoms with E-state index in [9.17, 15) is 9.59 Å². The third-order valence-electron chi connectivity index (χ3n) is 4.71. The van der Waals surface area contributed by atoms with Gasteiger partial charge in [0, 0.05) is 25.9 Å². The molecule has 0 aliphatic carbocycles. The Balaban J connectivity index is 1.57. The number of rotatable bonds is 2. The zero-order valence-corrected chi connectivity index (χ0v) is 14.6. The van der Waals surface area contributed by atoms with Crippen LogP contribution < -0.4 is 11.2 Å². The predicted octanol–water partition coefficient (Wildman–Crippen LogP) is 1.19. The summed E-state index contributed by atoms with van der Waals surface area (Å²) in [6.07, 6.45) is 3.69. The summed E-state index contributed by atoms with van der Waals surface area (Å²) in [5, 5.41) is 0. The number of ether oxygens (including phenoxy) is 3. The number of nitrogens with zero attached hydrogens (tertiary/aromatic N) is 2. The molecule has 1 saturated heterocycles. The molecule has 1 fully saturated rings. The summed E-state index contributed by atoms with van der Waals surface area (Å²) in [5.41, 5.74) is 0.635. The van der Waals surface area contributed by atoms with Gasteiger partial charge in [0.05, 0.1) is 12.2 Å². The van der Waals surface area contributed by atoms with E-state index in [1.165, 1.54) is 17.8 Å². The fourth-order valence-electron chi connectivity index (χ4n) is 3.27. The van der Waals surface area contributed by atoms with Crippen LogP contribution in [0.2, 0.25) is 0 Å². The molecule has 3 heterocycles. The second-order valence-electron chi connectivity index (χ2n) is 6.50. The first-order valence-electron chi connectivity index (χ1n) is 8.47. The maximum absolute atomic E-state index is 12.4. The van der Waals surface area contributed by atoms with Crippen molar-refractivity contribution >= 4 is 0 Å². The van der Waals surface area contributed by atoms with E-state index in [-0.39, 0.29) is 23.5 Å². The summed E-state index contributed by atoms with van der Waals surface area (Å²) in [6, 6.07) is 9.72. The highest BCUT2D eigenvalue weighted by atomic mass is 16.7. The molecule has 26 heavy (non-hydrogen) atoms. The lowest BCUT2D eigenvalue weighted by molar-refractivity contribution is -0.262. The minimum absolute atomic E-state index is 0.249. The van der Waals surface area contributed by atoms with Crippen LogP contribution in [0.4, 0.5) is 0 Å². The van der Waals surface area contributed by atoms with E-state index in [1.807, 2.05) is 36.4 Å². The lowest BCUT2D eigenvalue weighted by atomic mass is 10.0. The van der Waals surface area contributed by atoms with Crippen molar-refractivity contribution in [1.29, 1.82) is 0 Å². The van der Waals surface area contributed by atoms with Gasteiger partial charge in [-0.25, -0.2) is 4.79 Å². The Morgan fingerprint density at radius 1 is 1.04 bits per heavy atom. The fourth-order valence-corrected chi connectivity index (χ4v) is 3.27. The Morgan fingerprint density at radius 3 is 2.58 bits per heavy atom. The normalized spacial score (nSPS) is 27.9. The van der Waals surface area contributed by atoms with Crippen LogP contribution in [0.15, 0.2) is 58.3 Å². The molecule has 0 spiro atoms. The van der Waals surface area contributed by atoms with Crippen LogP contribution in [0.3, 0.4) is 0 Å². The van der Waals surface area contributed by atoms with Crippen molar-refractivity contribution in [3.63, 3.8) is 0 Å². The van der Waals surface area contributed by atoms with Gasteiger partial charge in [-0.1, -0.05) is 42.5 Å². The second-order valence-corrected chi connectivity index (χ2v) is 6.50. The average Bonchev–Trinajstić information content (AvgIpc) is 2.69. The second kappa shape index (κ2) is 6.68.